The molecule has 39 heavy (non-hydrogen) atoms. The van der Waals surface area contributed by atoms with Crippen molar-refractivity contribution >= 4 is 0 Å². The van der Waals surface area contributed by atoms with E-state index in [4.69, 9.17) is 18.9 Å². The van der Waals surface area contributed by atoms with Crippen LogP contribution in [0.3, 0.4) is 0 Å². The van der Waals surface area contributed by atoms with Crippen LogP contribution in [-0.4, -0.2) is 86.7 Å². The second kappa shape index (κ2) is 10.9. The van der Waals surface area contributed by atoms with E-state index in [0.29, 0.717) is 6.54 Å². The average Bonchev–Trinajstić information content (AvgIpc) is 3.12. The first-order chi connectivity index (χ1) is 18.8. The first-order valence-electron chi connectivity index (χ1n) is 13.8. The molecular formula is C31H43N3O5. The molecule has 2 aromatic rings. The third-order valence-electron chi connectivity index (χ3n) is 8.75. The van der Waals surface area contributed by atoms with Gasteiger partial charge in [0.2, 0.25) is 0 Å². The van der Waals surface area contributed by atoms with Crippen molar-refractivity contribution in [2.75, 3.05) is 61.3 Å². The van der Waals surface area contributed by atoms with Crippen LogP contribution in [-0.2, 0) is 18.5 Å². The van der Waals surface area contributed by atoms with E-state index in [9.17, 15) is 5.11 Å². The largest absolute Gasteiger partial charge is 0.497 e. The lowest BCUT2D eigenvalue weighted by molar-refractivity contribution is 0.0548. The predicted molar refractivity (Wildman–Crippen MR) is 152 cm³/mol. The van der Waals surface area contributed by atoms with Crippen LogP contribution in [0.1, 0.15) is 43.4 Å². The quantitative estimate of drug-likeness (QED) is 0.542. The van der Waals surface area contributed by atoms with E-state index in [-0.39, 0.29) is 17.6 Å². The number of benzene rings is 2. The van der Waals surface area contributed by atoms with Gasteiger partial charge < -0.3 is 29.0 Å². The molecule has 1 N–H and O–H groups in total. The van der Waals surface area contributed by atoms with E-state index in [0.717, 1.165) is 68.7 Å². The van der Waals surface area contributed by atoms with Crippen molar-refractivity contribution in [3.63, 3.8) is 0 Å². The van der Waals surface area contributed by atoms with Crippen LogP contribution in [0.15, 0.2) is 42.1 Å². The van der Waals surface area contributed by atoms with Crippen LogP contribution >= 0.6 is 0 Å². The summed E-state index contributed by atoms with van der Waals surface area (Å²) >= 11 is 0. The lowest BCUT2D eigenvalue weighted by Crippen LogP contribution is -2.53. The van der Waals surface area contributed by atoms with Crippen molar-refractivity contribution in [3.8, 4) is 23.0 Å². The van der Waals surface area contributed by atoms with Gasteiger partial charge in [-0.3, -0.25) is 9.80 Å². The summed E-state index contributed by atoms with van der Waals surface area (Å²) in [6.07, 6.45) is 4.47. The molecule has 0 atom stereocenters. The predicted octanol–water partition coefficient (Wildman–Crippen LogP) is 4.00. The molecule has 0 aliphatic carbocycles. The van der Waals surface area contributed by atoms with E-state index in [2.05, 4.69) is 52.8 Å². The minimum absolute atomic E-state index is 0.109. The summed E-state index contributed by atoms with van der Waals surface area (Å²) in [4.78, 5) is 7.53. The van der Waals surface area contributed by atoms with Crippen molar-refractivity contribution in [2.24, 2.45) is 0 Å². The zero-order valence-electron chi connectivity index (χ0n) is 24.2. The standard InChI is InChI=1S/C31H43N3O5/c1-30(2)18-28-31(7-9-32(10-8-31)19-22-13-24(36-3)16-25(14-22)37-4)34(11-12-35)21-33(28)20-23-15-26(38-5)17-27(39-6)29(23)30/h13-18,35H,7-12,19-21H2,1-6H3. The molecule has 2 aromatic carbocycles. The fraction of sp³-hybridized carbons (Fsp3) is 0.548. The minimum Gasteiger partial charge on any atom is -0.497 e. The number of aliphatic hydroxyl groups is 1. The fourth-order valence-electron chi connectivity index (χ4n) is 6.91. The Balaban J connectivity index is 1.44. The third kappa shape index (κ3) is 5.06. The summed E-state index contributed by atoms with van der Waals surface area (Å²) in [6, 6.07) is 10.3. The molecule has 212 valence electrons. The Hall–Kier alpha value is -2.94. The van der Waals surface area contributed by atoms with E-state index >= 15 is 0 Å². The minimum atomic E-state index is -0.229. The number of ether oxygens (including phenoxy) is 4. The highest BCUT2D eigenvalue weighted by Gasteiger charge is 2.51. The molecule has 0 unspecified atom stereocenters. The first-order valence-corrected chi connectivity index (χ1v) is 13.8. The number of likely N-dealkylation sites (tertiary alicyclic amines) is 1. The van der Waals surface area contributed by atoms with Crippen molar-refractivity contribution in [2.45, 2.75) is 50.7 Å². The van der Waals surface area contributed by atoms with E-state index in [1.807, 2.05) is 12.1 Å². The molecule has 5 rings (SSSR count). The third-order valence-corrected chi connectivity index (χ3v) is 8.75. The molecule has 0 saturated carbocycles. The van der Waals surface area contributed by atoms with Gasteiger partial charge in [0.05, 0.1) is 47.3 Å². The molecule has 0 amide bonds. The van der Waals surface area contributed by atoms with Gasteiger partial charge in [-0.05, 0) is 42.2 Å². The zero-order chi connectivity index (χ0) is 27.8. The van der Waals surface area contributed by atoms with Crippen LogP contribution in [0, 0.1) is 0 Å². The van der Waals surface area contributed by atoms with Crippen molar-refractivity contribution in [3.05, 3.63) is 58.8 Å². The molecule has 8 nitrogen and oxygen atoms in total. The number of rotatable bonds is 8. The molecule has 2 fully saturated rings. The number of hydrogen-bond donors (Lipinski definition) is 1. The Morgan fingerprint density at radius 3 is 2.08 bits per heavy atom. The number of fused-ring (bicyclic) bond motifs is 3. The molecule has 1 spiro atoms. The lowest BCUT2D eigenvalue weighted by Gasteiger charge is -2.45. The molecule has 3 heterocycles. The highest BCUT2D eigenvalue weighted by molar-refractivity contribution is 5.54. The van der Waals surface area contributed by atoms with Gasteiger partial charge in [0.1, 0.15) is 23.0 Å². The normalized spacial score (nSPS) is 20.2. The van der Waals surface area contributed by atoms with Gasteiger partial charge in [0, 0.05) is 61.5 Å². The van der Waals surface area contributed by atoms with Crippen LogP contribution < -0.4 is 18.9 Å². The van der Waals surface area contributed by atoms with Gasteiger partial charge in [-0.25, -0.2) is 0 Å². The Kier molecular flexibility index (Phi) is 7.73. The van der Waals surface area contributed by atoms with Crippen LogP contribution in [0.25, 0.3) is 0 Å². The number of allylic oxidation sites excluding steroid dienone is 1. The monoisotopic (exact) mass is 537 g/mol. The molecule has 3 aliphatic rings. The number of aliphatic hydroxyl groups excluding tert-OH is 1. The molecule has 0 radical (unpaired) electrons. The Bertz CT molecular complexity index is 1200. The SMILES string of the molecule is COc1cc(CN2CCC3(CC2)C2=CC(C)(C)c4c(cc(OC)cc4OC)CN2CN3CCO)cc(OC)c1. The van der Waals surface area contributed by atoms with Crippen molar-refractivity contribution < 1.29 is 24.1 Å². The highest BCUT2D eigenvalue weighted by Crippen LogP contribution is 2.50. The van der Waals surface area contributed by atoms with E-state index in [1.54, 1.807) is 28.4 Å². The van der Waals surface area contributed by atoms with Crippen LogP contribution in [0.5, 0.6) is 23.0 Å². The summed E-state index contributed by atoms with van der Waals surface area (Å²) in [7, 11) is 6.83. The maximum absolute atomic E-state index is 10.0. The highest BCUT2D eigenvalue weighted by atomic mass is 16.5. The molecular weight excluding hydrogens is 494 g/mol. The number of β-amino-alcohol motifs (C(OH)–C–C–N with tert-alkyl or cyclic N) is 1. The number of hydrogen-bond acceptors (Lipinski definition) is 8. The number of methoxy groups -OCH3 is 4. The van der Waals surface area contributed by atoms with Gasteiger partial charge in [0.15, 0.2) is 0 Å². The smallest absolute Gasteiger partial charge is 0.126 e. The average molecular weight is 538 g/mol. The molecule has 0 bridgehead atoms. The van der Waals surface area contributed by atoms with Gasteiger partial charge in [-0.15, -0.1) is 0 Å². The van der Waals surface area contributed by atoms with Gasteiger partial charge >= 0.3 is 0 Å². The number of nitrogens with zero attached hydrogens (tertiary/aromatic N) is 3. The van der Waals surface area contributed by atoms with Crippen molar-refractivity contribution in [1.82, 2.24) is 14.7 Å². The Labute approximate surface area is 232 Å². The van der Waals surface area contributed by atoms with Gasteiger partial charge in [0.25, 0.3) is 0 Å². The van der Waals surface area contributed by atoms with Crippen LogP contribution in [0.2, 0.25) is 0 Å². The Morgan fingerprint density at radius 1 is 0.846 bits per heavy atom. The van der Waals surface area contributed by atoms with Gasteiger partial charge in [-0.1, -0.05) is 19.9 Å². The topological polar surface area (TPSA) is 66.9 Å². The zero-order valence-corrected chi connectivity index (χ0v) is 24.2. The maximum Gasteiger partial charge on any atom is 0.126 e. The van der Waals surface area contributed by atoms with Crippen molar-refractivity contribution in [1.29, 1.82) is 0 Å². The Morgan fingerprint density at radius 2 is 1.49 bits per heavy atom. The van der Waals surface area contributed by atoms with E-state index in [1.165, 1.54) is 22.4 Å². The summed E-state index contributed by atoms with van der Waals surface area (Å²) in [5.41, 5.74) is 4.68. The van der Waals surface area contributed by atoms with E-state index < -0.39 is 0 Å². The first kappa shape index (κ1) is 27.6. The summed E-state index contributed by atoms with van der Waals surface area (Å²) in [5.74, 6) is 3.32. The molecule has 3 aliphatic heterocycles. The fourth-order valence-corrected chi connectivity index (χ4v) is 6.91. The van der Waals surface area contributed by atoms with Crippen LogP contribution in [0.4, 0.5) is 0 Å². The summed E-state index contributed by atoms with van der Waals surface area (Å²) in [5, 5.41) is 10.0. The molecule has 0 aromatic heterocycles. The summed E-state index contributed by atoms with van der Waals surface area (Å²) in [6.45, 7) is 9.75. The second-order valence-electron chi connectivity index (χ2n) is 11.5. The summed E-state index contributed by atoms with van der Waals surface area (Å²) < 4.78 is 22.5. The second-order valence-corrected chi connectivity index (χ2v) is 11.5. The molecule has 8 heteroatoms. The number of piperidine rings is 1. The maximum atomic E-state index is 10.0. The molecule has 2 saturated heterocycles. The van der Waals surface area contributed by atoms with Gasteiger partial charge in [-0.2, -0.15) is 0 Å². The lowest BCUT2D eigenvalue weighted by atomic mass is 9.77.